The minimum atomic E-state index is -4.86. The molecule has 0 spiro atoms. The van der Waals surface area contributed by atoms with E-state index in [1.165, 1.54) is 0 Å². The number of fused-ring (bicyclic) bond motifs is 1. The number of rotatable bonds is 2. The third kappa shape index (κ3) is 3.64. The molecular weight excluding hydrogens is 362 g/mol. The van der Waals surface area contributed by atoms with Crippen LogP contribution < -0.4 is 5.32 Å². The number of pyridine rings is 1. The van der Waals surface area contributed by atoms with Gasteiger partial charge >= 0.3 is 12.4 Å². The molecule has 2 heterocycles. The highest BCUT2D eigenvalue weighted by molar-refractivity contribution is 5.86. The number of hydrogen-bond acceptors (Lipinski definition) is 3. The maximum Gasteiger partial charge on any atom is 0.433 e. The van der Waals surface area contributed by atoms with Gasteiger partial charge in [-0.3, -0.25) is 0 Å². The summed E-state index contributed by atoms with van der Waals surface area (Å²) in [6.45, 7) is 0.663. The van der Waals surface area contributed by atoms with Gasteiger partial charge in [0.05, 0.1) is 17.2 Å². The van der Waals surface area contributed by atoms with Gasteiger partial charge in [-0.05, 0) is 37.1 Å². The standard InChI is InChI=1S/C17H16F6N2O/c18-16(19,20)11-6-4-10(15(26)12-3-1-2-8-24-12)9-5-7-13(17(21,22)23)25-14(9)11/h4-7,12,15,24,26H,1-3,8H2. The number of halogens is 6. The first-order valence-electron chi connectivity index (χ1n) is 8.08. The van der Waals surface area contributed by atoms with Crippen LogP contribution in [0.15, 0.2) is 24.3 Å². The smallest absolute Gasteiger partial charge is 0.387 e. The van der Waals surface area contributed by atoms with Crippen LogP contribution in [0.1, 0.15) is 42.2 Å². The molecule has 0 radical (unpaired) electrons. The highest BCUT2D eigenvalue weighted by atomic mass is 19.4. The van der Waals surface area contributed by atoms with E-state index in [-0.39, 0.29) is 17.0 Å². The van der Waals surface area contributed by atoms with Crippen LogP contribution in [0.2, 0.25) is 0 Å². The summed E-state index contributed by atoms with van der Waals surface area (Å²) in [7, 11) is 0. The molecule has 1 saturated heterocycles. The molecule has 1 aromatic heterocycles. The lowest BCUT2D eigenvalue weighted by atomic mass is 9.91. The number of hydrogen-bond donors (Lipinski definition) is 2. The van der Waals surface area contributed by atoms with Crippen LogP contribution >= 0.6 is 0 Å². The summed E-state index contributed by atoms with van der Waals surface area (Å²) >= 11 is 0. The summed E-state index contributed by atoms with van der Waals surface area (Å²) < 4.78 is 78.4. The van der Waals surface area contributed by atoms with Crippen LogP contribution in [0, 0.1) is 0 Å². The van der Waals surface area contributed by atoms with Gasteiger partial charge in [0.2, 0.25) is 0 Å². The first kappa shape index (κ1) is 18.9. The largest absolute Gasteiger partial charge is 0.433 e. The van der Waals surface area contributed by atoms with Crippen molar-refractivity contribution >= 4 is 10.9 Å². The summed E-state index contributed by atoms with van der Waals surface area (Å²) in [6, 6.07) is 3.00. The maximum absolute atomic E-state index is 13.2. The Morgan fingerprint density at radius 3 is 2.31 bits per heavy atom. The van der Waals surface area contributed by atoms with Crippen molar-refractivity contribution < 1.29 is 31.4 Å². The first-order valence-corrected chi connectivity index (χ1v) is 8.08. The summed E-state index contributed by atoms with van der Waals surface area (Å²) in [4.78, 5) is 3.22. The Kier molecular flexibility index (Phi) is 4.87. The summed E-state index contributed by atoms with van der Waals surface area (Å²) in [5.74, 6) is 0. The summed E-state index contributed by atoms with van der Waals surface area (Å²) in [5, 5.41) is 13.5. The molecule has 0 amide bonds. The zero-order valence-electron chi connectivity index (χ0n) is 13.5. The molecule has 2 atom stereocenters. The molecule has 2 aromatic rings. The van der Waals surface area contributed by atoms with Gasteiger partial charge in [0.15, 0.2) is 0 Å². The maximum atomic E-state index is 13.2. The van der Waals surface area contributed by atoms with Crippen molar-refractivity contribution in [2.24, 2.45) is 0 Å². The molecule has 26 heavy (non-hydrogen) atoms. The Morgan fingerprint density at radius 2 is 1.73 bits per heavy atom. The molecule has 0 saturated carbocycles. The fraction of sp³-hybridized carbons (Fsp3) is 0.471. The third-order valence-electron chi connectivity index (χ3n) is 4.53. The van der Waals surface area contributed by atoms with Gasteiger partial charge in [-0.1, -0.05) is 18.6 Å². The zero-order chi connectivity index (χ0) is 19.1. The van der Waals surface area contributed by atoms with Gasteiger partial charge in [0.1, 0.15) is 5.69 Å². The van der Waals surface area contributed by atoms with E-state index in [1.54, 1.807) is 0 Å². The number of alkyl halides is 6. The molecule has 1 aromatic carbocycles. The van der Waals surface area contributed by atoms with Gasteiger partial charge in [0, 0.05) is 11.4 Å². The second kappa shape index (κ2) is 6.70. The number of benzene rings is 1. The Hall–Kier alpha value is -1.87. The molecule has 3 nitrogen and oxygen atoms in total. The van der Waals surface area contributed by atoms with E-state index >= 15 is 0 Å². The highest BCUT2D eigenvalue weighted by Crippen LogP contribution is 2.39. The van der Waals surface area contributed by atoms with Crippen LogP contribution in [0.3, 0.4) is 0 Å². The van der Waals surface area contributed by atoms with Crippen molar-refractivity contribution in [3.05, 3.63) is 41.1 Å². The van der Waals surface area contributed by atoms with Crippen LogP contribution in [0.4, 0.5) is 26.3 Å². The number of aliphatic hydroxyl groups excluding tert-OH is 1. The average Bonchev–Trinajstić information content (AvgIpc) is 2.58. The second-order valence-corrected chi connectivity index (χ2v) is 6.29. The number of nitrogens with zero attached hydrogens (tertiary/aromatic N) is 1. The van der Waals surface area contributed by atoms with E-state index in [0.717, 1.165) is 25.0 Å². The molecule has 0 aliphatic carbocycles. The fourth-order valence-corrected chi connectivity index (χ4v) is 3.25. The molecule has 1 aliphatic rings. The SMILES string of the molecule is OC(c1ccc(C(F)(F)F)c2nc(C(F)(F)F)ccc12)C1CCCCN1. The molecule has 3 rings (SSSR count). The minimum Gasteiger partial charge on any atom is -0.387 e. The number of piperidine rings is 1. The van der Waals surface area contributed by atoms with Crippen LogP contribution in [0.5, 0.6) is 0 Å². The van der Waals surface area contributed by atoms with Gasteiger partial charge in [-0.25, -0.2) is 4.98 Å². The predicted molar refractivity (Wildman–Crippen MR) is 82.3 cm³/mol. The quantitative estimate of drug-likeness (QED) is 0.759. The summed E-state index contributed by atoms with van der Waals surface area (Å²) in [5.41, 5.74) is -3.34. The molecule has 1 aliphatic heterocycles. The second-order valence-electron chi connectivity index (χ2n) is 6.29. The normalized spacial score (nSPS) is 20.3. The van der Waals surface area contributed by atoms with Gasteiger partial charge in [-0.15, -0.1) is 0 Å². The molecule has 9 heteroatoms. The topological polar surface area (TPSA) is 45.2 Å². The van der Waals surface area contributed by atoms with Crippen LogP contribution in [0.25, 0.3) is 10.9 Å². The van der Waals surface area contributed by atoms with Crippen molar-refractivity contribution in [2.45, 2.75) is 43.8 Å². The number of nitrogens with one attached hydrogen (secondary N) is 1. The van der Waals surface area contributed by atoms with E-state index in [9.17, 15) is 31.4 Å². The average molecular weight is 378 g/mol. The van der Waals surface area contributed by atoms with Crippen molar-refractivity contribution in [1.82, 2.24) is 10.3 Å². The Labute approximate surface area is 145 Å². The van der Waals surface area contributed by atoms with Crippen molar-refractivity contribution in [3.8, 4) is 0 Å². The van der Waals surface area contributed by atoms with Crippen LogP contribution in [-0.4, -0.2) is 22.7 Å². The van der Waals surface area contributed by atoms with E-state index in [2.05, 4.69) is 10.3 Å². The van der Waals surface area contributed by atoms with Gasteiger partial charge in [0.25, 0.3) is 0 Å². The fourth-order valence-electron chi connectivity index (χ4n) is 3.25. The third-order valence-corrected chi connectivity index (χ3v) is 4.53. The lowest BCUT2D eigenvalue weighted by Gasteiger charge is -2.29. The minimum absolute atomic E-state index is 0.132. The predicted octanol–water partition coefficient (Wildman–Crippen LogP) is 4.45. The summed E-state index contributed by atoms with van der Waals surface area (Å²) in [6.07, 6.45) is -8.47. The lowest BCUT2D eigenvalue weighted by molar-refractivity contribution is -0.142. The zero-order valence-corrected chi connectivity index (χ0v) is 13.5. The van der Waals surface area contributed by atoms with Crippen molar-refractivity contribution in [2.75, 3.05) is 6.54 Å². The van der Waals surface area contributed by atoms with E-state index in [1.807, 2.05) is 0 Å². The number of aliphatic hydroxyl groups is 1. The molecule has 1 fully saturated rings. The Balaban J connectivity index is 2.16. The van der Waals surface area contributed by atoms with E-state index in [4.69, 9.17) is 0 Å². The van der Waals surface area contributed by atoms with Crippen LogP contribution in [-0.2, 0) is 12.4 Å². The van der Waals surface area contributed by atoms with Crippen molar-refractivity contribution in [3.63, 3.8) is 0 Å². The lowest BCUT2D eigenvalue weighted by Crippen LogP contribution is -2.38. The Morgan fingerprint density at radius 1 is 1.00 bits per heavy atom. The molecule has 0 bridgehead atoms. The molecule has 2 unspecified atom stereocenters. The van der Waals surface area contributed by atoms with E-state index in [0.29, 0.717) is 25.1 Å². The monoisotopic (exact) mass is 378 g/mol. The first-order chi connectivity index (χ1) is 12.1. The van der Waals surface area contributed by atoms with Crippen molar-refractivity contribution in [1.29, 1.82) is 0 Å². The molecule has 2 N–H and O–H groups in total. The van der Waals surface area contributed by atoms with Gasteiger partial charge in [-0.2, -0.15) is 26.3 Å². The highest BCUT2D eigenvalue weighted by Gasteiger charge is 2.37. The Bertz CT molecular complexity index is 796. The van der Waals surface area contributed by atoms with Gasteiger partial charge < -0.3 is 10.4 Å². The molecule has 142 valence electrons. The van der Waals surface area contributed by atoms with E-state index < -0.39 is 35.2 Å². The molecular formula is C17H16F6N2O. The number of aromatic nitrogens is 1.